The summed E-state index contributed by atoms with van der Waals surface area (Å²) in [5.41, 5.74) is 1.57. The zero-order valence-corrected chi connectivity index (χ0v) is 19.5. The summed E-state index contributed by atoms with van der Waals surface area (Å²) in [4.78, 5) is 37.6. The smallest absolute Gasteiger partial charge is 0.441 e. The van der Waals surface area contributed by atoms with E-state index in [-0.39, 0.29) is 24.2 Å². The molecule has 2 aliphatic rings. The standard InChI is InChI=1S/C21H22FN6O6P/c1-2-18(34-35(30,31)32)19-11-27(21(29)33-19)14-6-7-15(16(22)9-14)12-3-8-17(23-10-12)20-24-26-28(25-20)13-4-5-13/h3,6-10,13,18-19H,2,4-5,11H2,1H3,(H2,30,31,32)/t18?,19-/m1/s1. The highest BCUT2D eigenvalue weighted by atomic mass is 31.2. The lowest BCUT2D eigenvalue weighted by Gasteiger charge is -2.21. The number of phosphoric acid groups is 1. The summed E-state index contributed by atoms with van der Waals surface area (Å²) >= 11 is 0. The maximum atomic E-state index is 15.0. The number of carbonyl (C=O) groups is 1. The number of pyridine rings is 1. The molecule has 3 heterocycles. The lowest BCUT2D eigenvalue weighted by molar-refractivity contribution is 0.0271. The molecule has 1 aliphatic carbocycles. The minimum absolute atomic E-state index is 0.0408. The van der Waals surface area contributed by atoms with Crippen LogP contribution in [0.15, 0.2) is 36.5 Å². The number of anilines is 1. The number of amides is 1. The summed E-state index contributed by atoms with van der Waals surface area (Å²) in [6.07, 6.45) is 1.12. The van der Waals surface area contributed by atoms with Gasteiger partial charge in [-0.2, -0.15) is 4.80 Å². The zero-order valence-electron chi connectivity index (χ0n) is 18.6. The number of ether oxygens (including phenoxy) is 1. The zero-order chi connectivity index (χ0) is 24.7. The predicted octanol–water partition coefficient (Wildman–Crippen LogP) is 3.09. The molecule has 35 heavy (non-hydrogen) atoms. The molecule has 2 fully saturated rings. The number of halogens is 1. The second kappa shape index (κ2) is 9.08. The van der Waals surface area contributed by atoms with Crippen LogP contribution in [0.2, 0.25) is 0 Å². The van der Waals surface area contributed by atoms with Gasteiger partial charge >= 0.3 is 13.9 Å². The van der Waals surface area contributed by atoms with Gasteiger partial charge in [-0.25, -0.2) is 13.8 Å². The number of rotatable bonds is 8. The van der Waals surface area contributed by atoms with Crippen LogP contribution < -0.4 is 4.90 Å². The number of benzene rings is 1. The van der Waals surface area contributed by atoms with E-state index in [9.17, 15) is 9.36 Å². The SMILES string of the molecule is CCC(OP(=O)(O)O)[C@H]1CN(c2ccc(-c3ccc(-c4nnn(C5CC5)n4)nc3)c(F)c2)C(=O)O1. The lowest BCUT2D eigenvalue weighted by atomic mass is 10.1. The first kappa shape index (κ1) is 23.5. The minimum Gasteiger partial charge on any atom is -0.441 e. The highest BCUT2D eigenvalue weighted by Crippen LogP contribution is 2.40. The highest BCUT2D eigenvalue weighted by molar-refractivity contribution is 7.46. The summed E-state index contributed by atoms with van der Waals surface area (Å²) in [6, 6.07) is 7.96. The van der Waals surface area contributed by atoms with Crippen molar-refractivity contribution in [2.75, 3.05) is 11.4 Å². The Morgan fingerprint density at radius 3 is 2.71 bits per heavy atom. The van der Waals surface area contributed by atoms with Crippen LogP contribution in [0.1, 0.15) is 32.2 Å². The van der Waals surface area contributed by atoms with Crippen LogP contribution in [0.5, 0.6) is 0 Å². The highest BCUT2D eigenvalue weighted by Gasteiger charge is 2.40. The van der Waals surface area contributed by atoms with Crippen molar-refractivity contribution in [1.29, 1.82) is 0 Å². The van der Waals surface area contributed by atoms with Gasteiger partial charge in [-0.3, -0.25) is 14.4 Å². The van der Waals surface area contributed by atoms with E-state index in [1.54, 1.807) is 29.9 Å². The van der Waals surface area contributed by atoms with E-state index in [2.05, 4.69) is 20.4 Å². The van der Waals surface area contributed by atoms with Gasteiger partial charge in [0.1, 0.15) is 23.7 Å². The Labute approximate surface area is 198 Å². The van der Waals surface area contributed by atoms with Crippen molar-refractivity contribution in [3.63, 3.8) is 0 Å². The van der Waals surface area contributed by atoms with Crippen molar-refractivity contribution in [1.82, 2.24) is 25.2 Å². The molecule has 0 spiro atoms. The number of hydrogen-bond acceptors (Lipinski definition) is 8. The average molecular weight is 504 g/mol. The summed E-state index contributed by atoms with van der Waals surface area (Å²) in [5, 5.41) is 12.4. The van der Waals surface area contributed by atoms with Crippen LogP contribution in [0.4, 0.5) is 14.9 Å². The van der Waals surface area contributed by atoms with E-state index in [1.807, 2.05) is 0 Å². The Kier molecular flexibility index (Phi) is 6.09. The molecule has 2 N–H and O–H groups in total. The number of tetrazole rings is 1. The first-order valence-electron chi connectivity index (χ1n) is 11.0. The number of nitrogens with zero attached hydrogens (tertiary/aromatic N) is 6. The third-order valence-corrected chi connectivity index (χ3v) is 6.34. The fourth-order valence-electron chi connectivity index (χ4n) is 3.85. The van der Waals surface area contributed by atoms with Crippen LogP contribution in [0.3, 0.4) is 0 Å². The quantitative estimate of drug-likeness (QED) is 0.438. The van der Waals surface area contributed by atoms with Gasteiger partial charge in [0.05, 0.1) is 18.3 Å². The first-order valence-corrected chi connectivity index (χ1v) is 12.5. The summed E-state index contributed by atoms with van der Waals surface area (Å²) in [6.45, 7) is 1.61. The summed E-state index contributed by atoms with van der Waals surface area (Å²) in [7, 11) is -4.76. The molecule has 0 bridgehead atoms. The monoisotopic (exact) mass is 504 g/mol. The molecule has 1 aliphatic heterocycles. The van der Waals surface area contributed by atoms with Gasteiger partial charge in [0.25, 0.3) is 0 Å². The minimum atomic E-state index is -4.76. The fraction of sp³-hybridized carbons (Fsp3) is 0.381. The van der Waals surface area contributed by atoms with Crippen LogP contribution in [0.25, 0.3) is 22.6 Å². The van der Waals surface area contributed by atoms with Crippen molar-refractivity contribution in [2.45, 2.75) is 44.4 Å². The lowest BCUT2D eigenvalue weighted by Crippen LogP contribution is -2.32. The number of cyclic esters (lactones) is 1. The van der Waals surface area contributed by atoms with Crippen molar-refractivity contribution < 1.29 is 32.8 Å². The summed E-state index contributed by atoms with van der Waals surface area (Å²) < 4.78 is 36.2. The van der Waals surface area contributed by atoms with Gasteiger partial charge in [-0.1, -0.05) is 13.0 Å². The number of aromatic nitrogens is 5. The third kappa shape index (κ3) is 5.08. The average Bonchev–Trinajstić information content (AvgIpc) is 3.42. The number of carbonyl (C=O) groups excluding carboxylic acids is 1. The van der Waals surface area contributed by atoms with Crippen LogP contribution in [0, 0.1) is 5.82 Å². The Hall–Kier alpha value is -3.25. The van der Waals surface area contributed by atoms with Crippen molar-refractivity contribution in [3.8, 4) is 22.6 Å². The van der Waals surface area contributed by atoms with Crippen molar-refractivity contribution >= 4 is 19.6 Å². The van der Waals surface area contributed by atoms with Crippen LogP contribution >= 0.6 is 7.82 Å². The number of phosphoric ester groups is 1. The van der Waals surface area contributed by atoms with Gasteiger partial charge in [-0.15, -0.1) is 10.2 Å². The Bertz CT molecular complexity index is 1290. The predicted molar refractivity (Wildman–Crippen MR) is 120 cm³/mol. The molecule has 14 heteroatoms. The normalized spacial score (nSPS) is 19.1. The van der Waals surface area contributed by atoms with E-state index in [0.29, 0.717) is 23.1 Å². The van der Waals surface area contributed by atoms with E-state index in [1.165, 1.54) is 23.2 Å². The molecule has 1 amide bonds. The van der Waals surface area contributed by atoms with E-state index in [4.69, 9.17) is 19.0 Å². The maximum absolute atomic E-state index is 15.0. The molecule has 2 atom stereocenters. The molecule has 1 aromatic carbocycles. The van der Waals surface area contributed by atoms with Crippen molar-refractivity contribution in [3.05, 3.63) is 42.3 Å². The Morgan fingerprint density at radius 2 is 2.09 bits per heavy atom. The maximum Gasteiger partial charge on any atom is 0.469 e. The molecule has 3 aromatic rings. The Morgan fingerprint density at radius 1 is 1.29 bits per heavy atom. The molecule has 12 nitrogen and oxygen atoms in total. The van der Waals surface area contributed by atoms with Gasteiger partial charge in [-0.05, 0) is 48.7 Å². The van der Waals surface area contributed by atoms with E-state index in [0.717, 1.165) is 12.8 Å². The third-order valence-electron chi connectivity index (χ3n) is 5.79. The molecule has 184 valence electrons. The number of hydrogen-bond donors (Lipinski definition) is 2. The van der Waals surface area contributed by atoms with Crippen LogP contribution in [-0.2, 0) is 13.8 Å². The molecule has 0 radical (unpaired) electrons. The first-order chi connectivity index (χ1) is 16.7. The fourth-order valence-corrected chi connectivity index (χ4v) is 4.49. The second-order valence-electron chi connectivity index (χ2n) is 8.34. The molecule has 1 saturated carbocycles. The van der Waals surface area contributed by atoms with E-state index < -0.39 is 31.9 Å². The van der Waals surface area contributed by atoms with E-state index >= 15 is 4.39 Å². The van der Waals surface area contributed by atoms with Gasteiger partial charge in [0.15, 0.2) is 0 Å². The van der Waals surface area contributed by atoms with Gasteiger partial charge < -0.3 is 14.5 Å². The van der Waals surface area contributed by atoms with Gasteiger partial charge in [0.2, 0.25) is 5.82 Å². The van der Waals surface area contributed by atoms with Crippen LogP contribution in [-0.4, -0.2) is 59.8 Å². The largest absolute Gasteiger partial charge is 0.469 e. The molecular weight excluding hydrogens is 482 g/mol. The molecule has 1 saturated heterocycles. The summed E-state index contributed by atoms with van der Waals surface area (Å²) in [5.74, 6) is -0.181. The molecule has 1 unspecified atom stereocenters. The molecule has 5 rings (SSSR count). The second-order valence-corrected chi connectivity index (χ2v) is 9.53. The van der Waals surface area contributed by atoms with Gasteiger partial charge in [0, 0.05) is 17.3 Å². The molecule has 2 aromatic heterocycles. The molecular formula is C21H22FN6O6P. The van der Waals surface area contributed by atoms with Crippen molar-refractivity contribution in [2.24, 2.45) is 0 Å². The Balaban J connectivity index is 1.31. The topological polar surface area (TPSA) is 153 Å².